The van der Waals surface area contributed by atoms with Gasteiger partial charge in [0.2, 0.25) is 0 Å². The minimum absolute atomic E-state index is 0.0709. The third-order valence-corrected chi connectivity index (χ3v) is 3.29. The van der Waals surface area contributed by atoms with Gasteiger partial charge in [0, 0.05) is 7.11 Å². The average molecular weight is 275 g/mol. The van der Waals surface area contributed by atoms with Crippen LogP contribution in [-0.2, 0) is 9.53 Å². The Kier molecular flexibility index (Phi) is 4.74. The highest BCUT2D eigenvalue weighted by Gasteiger charge is 2.29. The molecule has 5 heteroatoms. The number of amides is 1. The molecule has 1 atom stereocenters. The lowest BCUT2D eigenvalue weighted by atomic mass is 9.99. The van der Waals surface area contributed by atoms with Crippen molar-refractivity contribution < 1.29 is 9.53 Å². The molecule has 2 rings (SSSR count). The Hall–Kier alpha value is -1.88. The van der Waals surface area contributed by atoms with Gasteiger partial charge in [-0.3, -0.25) is 15.1 Å². The number of hydrogen-bond acceptors (Lipinski definition) is 3. The van der Waals surface area contributed by atoms with Gasteiger partial charge in [-0.15, -0.1) is 0 Å². The Morgan fingerprint density at radius 1 is 1.30 bits per heavy atom. The van der Waals surface area contributed by atoms with Crippen LogP contribution in [0.4, 0.5) is 0 Å². The molecule has 1 aliphatic heterocycles. The monoisotopic (exact) mass is 275 g/mol. The Morgan fingerprint density at radius 2 is 2.00 bits per heavy atom. The molecular formula is C15H21N3O2. The van der Waals surface area contributed by atoms with Gasteiger partial charge in [-0.05, 0) is 17.0 Å². The molecule has 2 N–H and O–H groups in total. The molecule has 1 amide bonds. The zero-order valence-electron chi connectivity index (χ0n) is 12.1. The lowest BCUT2D eigenvalue weighted by Crippen LogP contribution is -2.26. The molecule has 0 radical (unpaired) electrons. The Labute approximate surface area is 119 Å². The summed E-state index contributed by atoms with van der Waals surface area (Å²) in [4.78, 5) is 16.2. The second-order valence-corrected chi connectivity index (χ2v) is 5.11. The predicted octanol–water partition coefficient (Wildman–Crippen LogP) is 1.57. The van der Waals surface area contributed by atoms with Gasteiger partial charge >= 0.3 is 0 Å². The molecule has 1 aromatic carbocycles. The van der Waals surface area contributed by atoms with E-state index in [1.54, 1.807) is 7.11 Å². The van der Waals surface area contributed by atoms with Crippen LogP contribution in [0.1, 0.15) is 36.9 Å². The molecule has 108 valence electrons. The number of nitrogens with zero attached hydrogens (tertiary/aromatic N) is 1. The van der Waals surface area contributed by atoms with Crippen molar-refractivity contribution in [3.63, 3.8) is 0 Å². The zero-order chi connectivity index (χ0) is 14.5. The summed E-state index contributed by atoms with van der Waals surface area (Å²) < 4.78 is 4.93. The van der Waals surface area contributed by atoms with Crippen molar-refractivity contribution in [1.29, 1.82) is 0 Å². The topological polar surface area (TPSA) is 62.7 Å². The highest BCUT2D eigenvalue weighted by molar-refractivity contribution is 6.06. The van der Waals surface area contributed by atoms with Gasteiger partial charge in [0.15, 0.2) is 5.96 Å². The first kappa shape index (κ1) is 14.5. The lowest BCUT2D eigenvalue weighted by molar-refractivity contribution is -0.120. The van der Waals surface area contributed by atoms with E-state index < -0.39 is 0 Å². The Morgan fingerprint density at radius 3 is 2.60 bits per heavy atom. The van der Waals surface area contributed by atoms with E-state index in [4.69, 9.17) is 4.74 Å². The van der Waals surface area contributed by atoms with E-state index in [1.807, 2.05) is 12.1 Å². The van der Waals surface area contributed by atoms with Crippen LogP contribution in [0.15, 0.2) is 29.3 Å². The fourth-order valence-corrected chi connectivity index (χ4v) is 2.07. The maximum absolute atomic E-state index is 12.0. The van der Waals surface area contributed by atoms with E-state index in [0.29, 0.717) is 25.0 Å². The van der Waals surface area contributed by atoms with Crippen LogP contribution >= 0.6 is 0 Å². The molecule has 0 aromatic heterocycles. The normalized spacial score (nSPS) is 20.3. The minimum Gasteiger partial charge on any atom is -0.383 e. The SMILES string of the molecule is COCCN=C1NC(=O)C(c2ccc(C(C)C)cc2)N1. The number of ether oxygens (including phenoxy) is 1. The first-order valence-corrected chi connectivity index (χ1v) is 6.82. The maximum atomic E-state index is 12.0. The first-order valence-electron chi connectivity index (χ1n) is 6.82. The number of methoxy groups -OCH3 is 1. The molecule has 1 saturated heterocycles. The van der Waals surface area contributed by atoms with Crippen LogP contribution in [0.25, 0.3) is 0 Å². The molecule has 1 fully saturated rings. The van der Waals surface area contributed by atoms with Crippen molar-refractivity contribution in [3.05, 3.63) is 35.4 Å². The van der Waals surface area contributed by atoms with Gasteiger partial charge in [-0.2, -0.15) is 0 Å². The Balaban J connectivity index is 2.05. The molecule has 1 aromatic rings. The van der Waals surface area contributed by atoms with Gasteiger partial charge < -0.3 is 10.1 Å². The van der Waals surface area contributed by atoms with E-state index in [-0.39, 0.29) is 11.9 Å². The summed E-state index contributed by atoms with van der Waals surface area (Å²) in [7, 11) is 1.62. The highest BCUT2D eigenvalue weighted by atomic mass is 16.5. The third-order valence-electron chi connectivity index (χ3n) is 3.29. The van der Waals surface area contributed by atoms with Crippen LogP contribution in [0.5, 0.6) is 0 Å². The molecule has 1 aliphatic rings. The van der Waals surface area contributed by atoms with E-state index in [1.165, 1.54) is 5.56 Å². The van der Waals surface area contributed by atoms with Crippen molar-refractivity contribution >= 4 is 11.9 Å². The smallest absolute Gasteiger partial charge is 0.253 e. The number of aliphatic imine (C=N–C) groups is 1. The van der Waals surface area contributed by atoms with Crippen molar-refractivity contribution in [2.45, 2.75) is 25.8 Å². The summed E-state index contributed by atoms with van der Waals surface area (Å²) in [6, 6.07) is 7.75. The first-order chi connectivity index (χ1) is 9.61. The average Bonchev–Trinajstić information content (AvgIpc) is 2.80. The van der Waals surface area contributed by atoms with Gasteiger partial charge in [0.05, 0.1) is 13.2 Å². The lowest BCUT2D eigenvalue weighted by Gasteiger charge is -2.10. The predicted molar refractivity (Wildman–Crippen MR) is 78.7 cm³/mol. The number of carbonyl (C=O) groups excluding carboxylic acids is 1. The second kappa shape index (κ2) is 6.52. The van der Waals surface area contributed by atoms with Gasteiger partial charge in [0.25, 0.3) is 5.91 Å². The number of nitrogens with one attached hydrogen (secondary N) is 2. The van der Waals surface area contributed by atoms with Crippen molar-refractivity contribution in [1.82, 2.24) is 10.6 Å². The number of guanidine groups is 1. The minimum atomic E-state index is -0.363. The van der Waals surface area contributed by atoms with Crippen molar-refractivity contribution in [3.8, 4) is 0 Å². The summed E-state index contributed by atoms with van der Waals surface area (Å²) in [5, 5.41) is 5.84. The summed E-state index contributed by atoms with van der Waals surface area (Å²) in [6.07, 6.45) is 0. The van der Waals surface area contributed by atoms with Crippen LogP contribution < -0.4 is 10.6 Å². The fraction of sp³-hybridized carbons (Fsp3) is 0.467. The van der Waals surface area contributed by atoms with Crippen LogP contribution in [0.2, 0.25) is 0 Å². The van der Waals surface area contributed by atoms with Crippen molar-refractivity contribution in [2.24, 2.45) is 4.99 Å². The molecule has 20 heavy (non-hydrogen) atoms. The van der Waals surface area contributed by atoms with Crippen molar-refractivity contribution in [2.75, 3.05) is 20.3 Å². The molecule has 5 nitrogen and oxygen atoms in total. The summed E-state index contributed by atoms with van der Waals surface area (Å²) >= 11 is 0. The van der Waals surface area contributed by atoms with Crippen LogP contribution in [0.3, 0.4) is 0 Å². The molecule has 0 aliphatic carbocycles. The number of carbonyl (C=O) groups is 1. The van der Waals surface area contributed by atoms with Crippen LogP contribution in [0, 0.1) is 0 Å². The van der Waals surface area contributed by atoms with Gasteiger partial charge in [0.1, 0.15) is 6.04 Å². The van der Waals surface area contributed by atoms with E-state index >= 15 is 0 Å². The maximum Gasteiger partial charge on any atom is 0.253 e. The van der Waals surface area contributed by atoms with E-state index in [0.717, 1.165) is 5.56 Å². The summed E-state index contributed by atoms with van der Waals surface area (Å²) in [5.41, 5.74) is 2.21. The molecule has 1 heterocycles. The fourth-order valence-electron chi connectivity index (χ4n) is 2.07. The summed E-state index contributed by atoms with van der Waals surface area (Å²) in [5.74, 6) is 0.934. The summed E-state index contributed by atoms with van der Waals surface area (Å²) in [6.45, 7) is 5.36. The van der Waals surface area contributed by atoms with Gasteiger partial charge in [-0.1, -0.05) is 38.1 Å². The second-order valence-electron chi connectivity index (χ2n) is 5.11. The van der Waals surface area contributed by atoms with Crippen LogP contribution in [-0.4, -0.2) is 32.1 Å². The number of rotatable bonds is 5. The molecule has 0 saturated carbocycles. The number of benzene rings is 1. The number of hydrogen-bond donors (Lipinski definition) is 2. The van der Waals surface area contributed by atoms with E-state index in [9.17, 15) is 4.79 Å². The molecule has 1 unspecified atom stereocenters. The largest absolute Gasteiger partial charge is 0.383 e. The molecule has 0 spiro atoms. The highest BCUT2D eigenvalue weighted by Crippen LogP contribution is 2.20. The molecule has 0 bridgehead atoms. The van der Waals surface area contributed by atoms with E-state index in [2.05, 4.69) is 41.6 Å². The third kappa shape index (κ3) is 3.36. The standard InChI is InChI=1S/C15H21N3O2/c1-10(2)11-4-6-12(7-5-11)13-14(19)18-15(17-13)16-8-9-20-3/h4-7,10,13H,8-9H2,1-3H3,(H2,16,17,18,19). The molecular weight excluding hydrogens is 254 g/mol. The van der Waals surface area contributed by atoms with Gasteiger partial charge in [-0.25, -0.2) is 0 Å². The Bertz CT molecular complexity index is 494. The zero-order valence-corrected chi connectivity index (χ0v) is 12.1. The quantitative estimate of drug-likeness (QED) is 0.802.